The Morgan fingerprint density at radius 3 is 2.92 bits per heavy atom. The zero-order valence-electron chi connectivity index (χ0n) is 14.0. The van der Waals surface area contributed by atoms with Gasteiger partial charge >= 0.3 is 0 Å². The molecule has 1 aliphatic rings. The summed E-state index contributed by atoms with van der Waals surface area (Å²) in [4.78, 5) is 14.9. The average Bonchev–Trinajstić information content (AvgIpc) is 3.02. The third kappa shape index (κ3) is 3.84. The lowest BCUT2D eigenvalue weighted by atomic mass is 10.1. The summed E-state index contributed by atoms with van der Waals surface area (Å²) in [5.74, 6) is 0.0282. The van der Waals surface area contributed by atoms with E-state index in [2.05, 4.69) is 32.7 Å². The van der Waals surface area contributed by atoms with Crippen LogP contribution in [-0.4, -0.2) is 55.8 Å². The van der Waals surface area contributed by atoms with E-state index in [1.54, 1.807) is 6.07 Å². The van der Waals surface area contributed by atoms with Gasteiger partial charge in [-0.15, -0.1) is 6.58 Å². The van der Waals surface area contributed by atoms with E-state index in [9.17, 15) is 9.90 Å². The zero-order valence-corrected chi connectivity index (χ0v) is 15.6. The topological polar surface area (TPSA) is 71.0 Å². The summed E-state index contributed by atoms with van der Waals surface area (Å²) in [6, 6.07) is 1.84. The van der Waals surface area contributed by atoms with Crippen molar-refractivity contribution in [2.24, 2.45) is 0 Å². The van der Waals surface area contributed by atoms with E-state index in [0.29, 0.717) is 16.8 Å². The summed E-state index contributed by atoms with van der Waals surface area (Å²) in [7, 11) is 2.92. The summed E-state index contributed by atoms with van der Waals surface area (Å²) in [6.45, 7) is 6.08. The first kappa shape index (κ1) is 18.6. The molecule has 1 aromatic rings. The Morgan fingerprint density at radius 1 is 1.54 bits per heavy atom. The highest BCUT2D eigenvalue weighted by molar-refractivity contribution is 9.10. The van der Waals surface area contributed by atoms with Crippen molar-refractivity contribution < 1.29 is 19.4 Å². The normalized spacial score (nSPS) is 17.5. The molecular weight excluding hydrogens is 376 g/mol. The minimum atomic E-state index is -0.394. The highest BCUT2D eigenvalue weighted by Crippen LogP contribution is 2.42. The Morgan fingerprint density at radius 2 is 2.29 bits per heavy atom. The molecule has 1 aliphatic heterocycles. The Bertz CT molecular complexity index is 621. The molecule has 24 heavy (non-hydrogen) atoms. The molecule has 0 bridgehead atoms. The lowest BCUT2D eigenvalue weighted by Crippen LogP contribution is -2.40. The first-order valence-electron chi connectivity index (χ1n) is 7.80. The molecule has 2 N–H and O–H groups in total. The van der Waals surface area contributed by atoms with Gasteiger partial charge in [-0.05, 0) is 35.3 Å². The predicted molar refractivity (Wildman–Crippen MR) is 96.0 cm³/mol. The van der Waals surface area contributed by atoms with Crippen LogP contribution in [-0.2, 0) is 0 Å². The predicted octanol–water partition coefficient (Wildman–Crippen LogP) is 2.55. The molecule has 0 unspecified atom stereocenters. The summed E-state index contributed by atoms with van der Waals surface area (Å²) in [6.07, 6.45) is 4.00. The molecule has 6 nitrogen and oxygen atoms in total. The number of amides is 1. The van der Waals surface area contributed by atoms with E-state index in [4.69, 9.17) is 9.47 Å². The van der Waals surface area contributed by atoms with E-state index in [-0.39, 0.29) is 23.1 Å². The quantitative estimate of drug-likeness (QED) is 0.690. The highest BCUT2D eigenvalue weighted by Gasteiger charge is 2.27. The number of methoxy groups -OCH3 is 2. The van der Waals surface area contributed by atoms with Crippen LogP contribution in [0.4, 0.5) is 0 Å². The molecule has 1 atom stereocenters. The monoisotopic (exact) mass is 398 g/mol. The minimum Gasteiger partial charge on any atom is -0.506 e. The number of nitrogens with zero attached hydrogens (tertiary/aromatic N) is 1. The van der Waals surface area contributed by atoms with E-state index in [0.717, 1.165) is 25.9 Å². The number of phenolic OH excluding ortho intramolecular Hbond substituents is 1. The number of rotatable bonds is 7. The number of likely N-dealkylation sites (tertiary alicyclic amines) is 1. The molecule has 0 spiro atoms. The molecule has 1 saturated heterocycles. The second-order valence-corrected chi connectivity index (χ2v) is 6.46. The van der Waals surface area contributed by atoms with Crippen molar-refractivity contribution >= 4 is 21.8 Å². The lowest BCUT2D eigenvalue weighted by molar-refractivity contribution is 0.0935. The Kier molecular flexibility index (Phi) is 6.51. The van der Waals surface area contributed by atoms with Crippen molar-refractivity contribution in [1.82, 2.24) is 10.2 Å². The van der Waals surface area contributed by atoms with Gasteiger partial charge in [0.1, 0.15) is 11.3 Å². The van der Waals surface area contributed by atoms with Crippen LogP contribution in [0.3, 0.4) is 0 Å². The van der Waals surface area contributed by atoms with Gasteiger partial charge in [0, 0.05) is 25.2 Å². The number of carbonyl (C=O) groups is 1. The standard InChI is InChI=1S/C17H23BrN2O4/c1-4-7-20-8-5-6-11(20)10-19-17(22)14-15(21)12(18)9-13(23-2)16(14)24-3/h4,9,11,21H,1,5-8,10H2,2-3H3,(H,19,22)/t11-/m0/s1. The maximum Gasteiger partial charge on any atom is 0.259 e. The van der Waals surface area contributed by atoms with Gasteiger partial charge in [-0.1, -0.05) is 6.08 Å². The van der Waals surface area contributed by atoms with Gasteiger partial charge in [-0.3, -0.25) is 9.69 Å². The van der Waals surface area contributed by atoms with Gasteiger partial charge in [0.2, 0.25) is 0 Å². The second kappa shape index (κ2) is 8.39. The molecular formula is C17H23BrN2O4. The van der Waals surface area contributed by atoms with E-state index in [1.807, 2.05) is 6.08 Å². The van der Waals surface area contributed by atoms with E-state index < -0.39 is 5.91 Å². The van der Waals surface area contributed by atoms with Gasteiger partial charge in [0.25, 0.3) is 5.91 Å². The number of ether oxygens (including phenoxy) is 2. The number of carbonyl (C=O) groups excluding carboxylic acids is 1. The van der Waals surface area contributed by atoms with Gasteiger partial charge in [0.05, 0.1) is 18.7 Å². The van der Waals surface area contributed by atoms with Crippen molar-refractivity contribution in [3.8, 4) is 17.2 Å². The molecule has 1 fully saturated rings. The molecule has 1 aromatic carbocycles. The summed E-state index contributed by atoms with van der Waals surface area (Å²) < 4.78 is 10.9. The molecule has 0 aromatic heterocycles. The fourth-order valence-corrected chi connectivity index (χ4v) is 3.40. The number of phenols is 1. The number of benzene rings is 1. The molecule has 0 aliphatic carbocycles. The Labute approximate surface area is 150 Å². The summed E-state index contributed by atoms with van der Waals surface area (Å²) in [5.41, 5.74) is 0.0667. The van der Waals surface area contributed by atoms with Crippen molar-refractivity contribution in [2.45, 2.75) is 18.9 Å². The minimum absolute atomic E-state index is 0.0667. The van der Waals surface area contributed by atoms with E-state index >= 15 is 0 Å². The second-order valence-electron chi connectivity index (χ2n) is 5.61. The maximum atomic E-state index is 12.6. The number of halogens is 1. The van der Waals surface area contributed by atoms with Crippen molar-refractivity contribution in [1.29, 1.82) is 0 Å². The zero-order chi connectivity index (χ0) is 17.7. The number of aromatic hydroxyl groups is 1. The molecule has 2 rings (SSSR count). The van der Waals surface area contributed by atoms with Crippen molar-refractivity contribution in [3.05, 3.63) is 28.8 Å². The first-order chi connectivity index (χ1) is 11.5. The highest BCUT2D eigenvalue weighted by atomic mass is 79.9. The van der Waals surface area contributed by atoms with Crippen LogP contribution in [0.5, 0.6) is 17.2 Å². The van der Waals surface area contributed by atoms with Crippen molar-refractivity contribution in [3.63, 3.8) is 0 Å². The van der Waals surface area contributed by atoms with Crippen LogP contribution in [0.2, 0.25) is 0 Å². The molecule has 132 valence electrons. The molecule has 1 heterocycles. The summed E-state index contributed by atoms with van der Waals surface area (Å²) in [5, 5.41) is 13.2. The first-order valence-corrected chi connectivity index (χ1v) is 8.59. The van der Waals surface area contributed by atoms with Crippen LogP contribution in [0.15, 0.2) is 23.2 Å². The fraction of sp³-hybridized carbons (Fsp3) is 0.471. The fourth-order valence-electron chi connectivity index (χ4n) is 3.00. The lowest BCUT2D eigenvalue weighted by Gasteiger charge is -2.23. The van der Waals surface area contributed by atoms with Gasteiger partial charge < -0.3 is 19.9 Å². The Balaban J connectivity index is 2.17. The molecule has 7 heteroatoms. The average molecular weight is 399 g/mol. The van der Waals surface area contributed by atoms with Gasteiger partial charge in [0.15, 0.2) is 11.5 Å². The number of hydrogen-bond acceptors (Lipinski definition) is 5. The third-order valence-electron chi connectivity index (χ3n) is 4.18. The SMILES string of the molecule is C=CCN1CCC[C@H]1CNC(=O)c1c(O)c(Br)cc(OC)c1OC. The van der Waals surface area contributed by atoms with Crippen LogP contribution < -0.4 is 14.8 Å². The maximum absolute atomic E-state index is 12.6. The number of nitrogens with one attached hydrogen (secondary N) is 1. The molecule has 1 amide bonds. The van der Waals surface area contributed by atoms with E-state index in [1.165, 1.54) is 14.2 Å². The third-order valence-corrected chi connectivity index (χ3v) is 4.79. The van der Waals surface area contributed by atoms with Crippen LogP contribution in [0.25, 0.3) is 0 Å². The molecule has 0 saturated carbocycles. The van der Waals surface area contributed by atoms with Crippen molar-refractivity contribution in [2.75, 3.05) is 33.9 Å². The smallest absolute Gasteiger partial charge is 0.259 e. The van der Waals surface area contributed by atoms with Gasteiger partial charge in [-0.2, -0.15) is 0 Å². The largest absolute Gasteiger partial charge is 0.506 e. The molecule has 0 radical (unpaired) electrons. The van der Waals surface area contributed by atoms with Crippen LogP contribution >= 0.6 is 15.9 Å². The number of hydrogen-bond donors (Lipinski definition) is 2. The van der Waals surface area contributed by atoms with Crippen LogP contribution in [0.1, 0.15) is 23.2 Å². The summed E-state index contributed by atoms with van der Waals surface area (Å²) >= 11 is 3.23. The Hall–Kier alpha value is -1.73. The van der Waals surface area contributed by atoms with Crippen LogP contribution in [0, 0.1) is 0 Å². The van der Waals surface area contributed by atoms with Gasteiger partial charge in [-0.25, -0.2) is 0 Å².